The summed E-state index contributed by atoms with van der Waals surface area (Å²) in [6.45, 7) is 6.88. The highest BCUT2D eigenvalue weighted by Gasteiger charge is 2.19. The minimum absolute atomic E-state index is 0. The number of nitrogen functional groups attached to an aromatic ring is 1. The molecular formula is C14H22ClN3O. The first-order chi connectivity index (χ1) is 8.69. The number of piperazine rings is 1. The fourth-order valence-corrected chi connectivity index (χ4v) is 2.30. The normalized spacial score (nSPS) is 15.9. The van der Waals surface area contributed by atoms with Gasteiger partial charge in [0, 0.05) is 31.9 Å². The van der Waals surface area contributed by atoms with Crippen LogP contribution in [0.2, 0.25) is 0 Å². The molecule has 0 saturated carbocycles. The number of carbonyl (C=O) groups is 1. The summed E-state index contributed by atoms with van der Waals surface area (Å²) in [6.07, 6.45) is 0.456. The number of anilines is 1. The minimum Gasteiger partial charge on any atom is -0.399 e. The van der Waals surface area contributed by atoms with Crippen molar-refractivity contribution in [1.82, 2.24) is 9.80 Å². The molecule has 2 rings (SSSR count). The second-order valence-electron chi connectivity index (χ2n) is 4.74. The number of nitrogens with two attached hydrogens (primary N) is 1. The topological polar surface area (TPSA) is 49.6 Å². The summed E-state index contributed by atoms with van der Waals surface area (Å²) in [6, 6.07) is 7.57. The summed E-state index contributed by atoms with van der Waals surface area (Å²) in [7, 11) is 0. The lowest BCUT2D eigenvalue weighted by atomic mass is 10.1. The SMILES string of the molecule is CCN1CCN(C(=O)Cc2cccc(N)c2)CC1.Cl. The Morgan fingerprint density at radius 1 is 1.26 bits per heavy atom. The summed E-state index contributed by atoms with van der Waals surface area (Å²) in [4.78, 5) is 16.5. The summed E-state index contributed by atoms with van der Waals surface area (Å²) < 4.78 is 0. The van der Waals surface area contributed by atoms with Gasteiger partial charge in [0.15, 0.2) is 0 Å². The molecule has 1 aliphatic heterocycles. The van der Waals surface area contributed by atoms with E-state index in [0.29, 0.717) is 6.42 Å². The Labute approximate surface area is 121 Å². The van der Waals surface area contributed by atoms with Crippen LogP contribution in [-0.2, 0) is 11.2 Å². The van der Waals surface area contributed by atoms with Gasteiger partial charge < -0.3 is 15.5 Å². The Morgan fingerprint density at radius 3 is 2.53 bits per heavy atom. The fourth-order valence-electron chi connectivity index (χ4n) is 2.30. The maximum absolute atomic E-state index is 12.1. The van der Waals surface area contributed by atoms with Crippen molar-refractivity contribution in [3.8, 4) is 0 Å². The predicted molar refractivity (Wildman–Crippen MR) is 80.5 cm³/mol. The van der Waals surface area contributed by atoms with E-state index in [4.69, 9.17) is 5.73 Å². The number of hydrogen-bond donors (Lipinski definition) is 1. The number of hydrogen-bond acceptors (Lipinski definition) is 3. The molecule has 0 atom stereocenters. The van der Waals surface area contributed by atoms with Crippen LogP contribution >= 0.6 is 12.4 Å². The maximum Gasteiger partial charge on any atom is 0.227 e. The Balaban J connectivity index is 0.00000180. The van der Waals surface area contributed by atoms with Gasteiger partial charge in [0.05, 0.1) is 6.42 Å². The first kappa shape index (κ1) is 15.8. The molecule has 1 fully saturated rings. The van der Waals surface area contributed by atoms with Crippen molar-refractivity contribution in [1.29, 1.82) is 0 Å². The highest BCUT2D eigenvalue weighted by atomic mass is 35.5. The highest BCUT2D eigenvalue weighted by molar-refractivity contribution is 5.85. The lowest BCUT2D eigenvalue weighted by Crippen LogP contribution is -2.48. The Hall–Kier alpha value is -1.26. The van der Waals surface area contributed by atoms with Crippen LogP contribution in [0.15, 0.2) is 24.3 Å². The maximum atomic E-state index is 12.1. The summed E-state index contributed by atoms with van der Waals surface area (Å²) >= 11 is 0. The van der Waals surface area contributed by atoms with E-state index in [1.807, 2.05) is 29.2 Å². The molecule has 0 radical (unpaired) electrons. The van der Waals surface area contributed by atoms with Crippen molar-refractivity contribution < 1.29 is 4.79 Å². The molecular weight excluding hydrogens is 262 g/mol. The lowest BCUT2D eigenvalue weighted by molar-refractivity contribution is -0.132. The predicted octanol–water partition coefficient (Wildman–Crippen LogP) is 1.40. The summed E-state index contributed by atoms with van der Waals surface area (Å²) in [5.74, 6) is 0.205. The standard InChI is InChI=1S/C14H21N3O.ClH/c1-2-16-6-8-17(9-7-16)14(18)11-12-4-3-5-13(15)10-12;/h3-5,10H,2,6-9,11,15H2,1H3;1H. The number of benzene rings is 1. The molecule has 0 spiro atoms. The van der Waals surface area contributed by atoms with Crippen molar-refractivity contribution >= 4 is 24.0 Å². The van der Waals surface area contributed by atoms with Gasteiger partial charge >= 0.3 is 0 Å². The Morgan fingerprint density at radius 2 is 1.95 bits per heavy atom. The van der Waals surface area contributed by atoms with Gasteiger partial charge in [-0.25, -0.2) is 0 Å². The monoisotopic (exact) mass is 283 g/mol. The molecule has 0 aromatic heterocycles. The van der Waals surface area contributed by atoms with E-state index in [9.17, 15) is 4.79 Å². The lowest BCUT2D eigenvalue weighted by Gasteiger charge is -2.34. The fraction of sp³-hybridized carbons (Fsp3) is 0.500. The van der Waals surface area contributed by atoms with Crippen LogP contribution in [0.5, 0.6) is 0 Å². The van der Waals surface area contributed by atoms with Gasteiger partial charge in [-0.2, -0.15) is 0 Å². The number of halogens is 1. The van der Waals surface area contributed by atoms with E-state index in [0.717, 1.165) is 44.0 Å². The number of likely N-dealkylation sites (N-methyl/N-ethyl adjacent to an activating group) is 1. The number of nitrogens with zero attached hydrogens (tertiary/aromatic N) is 2. The van der Waals surface area contributed by atoms with Gasteiger partial charge in [-0.3, -0.25) is 4.79 Å². The summed E-state index contributed by atoms with van der Waals surface area (Å²) in [5, 5.41) is 0. The van der Waals surface area contributed by atoms with Crippen LogP contribution in [0, 0.1) is 0 Å². The van der Waals surface area contributed by atoms with Crippen molar-refractivity contribution in [3.63, 3.8) is 0 Å². The van der Waals surface area contributed by atoms with E-state index in [2.05, 4.69) is 11.8 Å². The quantitative estimate of drug-likeness (QED) is 0.853. The van der Waals surface area contributed by atoms with Gasteiger partial charge in [-0.1, -0.05) is 19.1 Å². The van der Waals surface area contributed by atoms with Gasteiger partial charge in [0.25, 0.3) is 0 Å². The Bertz CT molecular complexity index is 417. The Kier molecular flexibility index (Phi) is 6.12. The van der Waals surface area contributed by atoms with Crippen LogP contribution in [-0.4, -0.2) is 48.4 Å². The molecule has 0 aliphatic carbocycles. The molecule has 2 N–H and O–H groups in total. The third-order valence-corrected chi connectivity index (χ3v) is 3.48. The molecule has 1 amide bonds. The molecule has 1 saturated heterocycles. The first-order valence-electron chi connectivity index (χ1n) is 6.53. The third kappa shape index (κ3) is 4.40. The van der Waals surface area contributed by atoms with Crippen molar-refractivity contribution in [2.24, 2.45) is 0 Å². The van der Waals surface area contributed by atoms with Crippen LogP contribution in [0.25, 0.3) is 0 Å². The third-order valence-electron chi connectivity index (χ3n) is 3.48. The zero-order valence-corrected chi connectivity index (χ0v) is 12.2. The average molecular weight is 284 g/mol. The van der Waals surface area contributed by atoms with Crippen LogP contribution in [0.3, 0.4) is 0 Å². The highest BCUT2D eigenvalue weighted by Crippen LogP contribution is 2.10. The van der Waals surface area contributed by atoms with Crippen molar-refractivity contribution in [2.75, 3.05) is 38.5 Å². The van der Waals surface area contributed by atoms with E-state index in [-0.39, 0.29) is 18.3 Å². The van der Waals surface area contributed by atoms with Gasteiger partial charge in [-0.05, 0) is 24.2 Å². The number of carbonyl (C=O) groups excluding carboxylic acids is 1. The molecule has 106 valence electrons. The second kappa shape index (κ2) is 7.36. The minimum atomic E-state index is 0. The smallest absolute Gasteiger partial charge is 0.227 e. The average Bonchev–Trinajstić information content (AvgIpc) is 2.39. The largest absolute Gasteiger partial charge is 0.399 e. The summed E-state index contributed by atoms with van der Waals surface area (Å²) in [5.41, 5.74) is 7.43. The van der Waals surface area contributed by atoms with E-state index < -0.39 is 0 Å². The molecule has 1 aromatic rings. The van der Waals surface area contributed by atoms with E-state index in [1.54, 1.807) is 0 Å². The molecule has 0 bridgehead atoms. The van der Waals surface area contributed by atoms with Crippen molar-refractivity contribution in [3.05, 3.63) is 29.8 Å². The molecule has 1 aromatic carbocycles. The molecule has 0 unspecified atom stereocenters. The molecule has 1 heterocycles. The molecule has 19 heavy (non-hydrogen) atoms. The number of rotatable bonds is 3. The van der Waals surface area contributed by atoms with Gasteiger partial charge in [-0.15, -0.1) is 12.4 Å². The van der Waals surface area contributed by atoms with E-state index in [1.165, 1.54) is 0 Å². The molecule has 4 nitrogen and oxygen atoms in total. The zero-order chi connectivity index (χ0) is 13.0. The van der Waals surface area contributed by atoms with Gasteiger partial charge in [0.1, 0.15) is 0 Å². The first-order valence-corrected chi connectivity index (χ1v) is 6.53. The second-order valence-corrected chi connectivity index (χ2v) is 4.74. The van der Waals surface area contributed by atoms with Gasteiger partial charge in [0.2, 0.25) is 5.91 Å². The zero-order valence-electron chi connectivity index (χ0n) is 11.3. The van der Waals surface area contributed by atoms with Crippen LogP contribution < -0.4 is 5.73 Å². The van der Waals surface area contributed by atoms with Crippen LogP contribution in [0.1, 0.15) is 12.5 Å². The van der Waals surface area contributed by atoms with E-state index >= 15 is 0 Å². The van der Waals surface area contributed by atoms with Crippen molar-refractivity contribution in [2.45, 2.75) is 13.3 Å². The van der Waals surface area contributed by atoms with Crippen LogP contribution in [0.4, 0.5) is 5.69 Å². The molecule has 5 heteroatoms. The molecule has 1 aliphatic rings. The number of amides is 1.